The van der Waals surface area contributed by atoms with Crippen molar-refractivity contribution in [2.24, 2.45) is 0 Å². The van der Waals surface area contributed by atoms with Crippen molar-refractivity contribution in [3.8, 4) is 11.1 Å². The van der Waals surface area contributed by atoms with Crippen LogP contribution in [0.2, 0.25) is 0 Å². The standard InChI is InChI=1S/C25H27N3O4/c29-14-7-20-16-26-22-6-5-19(15-21(20)22)17-1-3-18(4-2-17)23(30)27-10-12-28(13-11-27)24(31)25(32)8-9-25/h1-6,15-16,26,29,32H,7-14H2. The Labute approximate surface area is 186 Å². The zero-order valence-corrected chi connectivity index (χ0v) is 17.9. The second kappa shape index (κ2) is 8.07. The number of aliphatic hydroxyl groups is 2. The Morgan fingerprint density at radius 2 is 1.59 bits per heavy atom. The number of benzene rings is 2. The van der Waals surface area contributed by atoms with Gasteiger partial charge in [-0.2, -0.15) is 0 Å². The predicted octanol–water partition coefficient (Wildman–Crippen LogP) is 2.18. The van der Waals surface area contributed by atoms with Crippen LogP contribution < -0.4 is 0 Å². The number of aromatic amines is 1. The first-order valence-corrected chi connectivity index (χ1v) is 11.1. The number of carbonyl (C=O) groups excluding carboxylic acids is 2. The van der Waals surface area contributed by atoms with Crippen LogP contribution in [0.15, 0.2) is 48.7 Å². The lowest BCUT2D eigenvalue weighted by molar-refractivity contribution is -0.143. The van der Waals surface area contributed by atoms with Crippen LogP contribution in [0, 0.1) is 0 Å². The summed E-state index contributed by atoms with van der Waals surface area (Å²) in [7, 11) is 0. The molecule has 0 unspecified atom stereocenters. The van der Waals surface area contributed by atoms with Gasteiger partial charge in [0.05, 0.1) is 0 Å². The molecule has 1 saturated carbocycles. The minimum Gasteiger partial charge on any atom is -0.396 e. The van der Waals surface area contributed by atoms with E-state index in [1.165, 1.54) is 0 Å². The number of rotatable bonds is 5. The number of aliphatic hydroxyl groups excluding tert-OH is 1. The zero-order chi connectivity index (χ0) is 22.3. The van der Waals surface area contributed by atoms with Crippen LogP contribution in [0.25, 0.3) is 22.0 Å². The third kappa shape index (κ3) is 3.78. The Kier molecular flexibility index (Phi) is 5.23. The molecule has 0 radical (unpaired) electrons. The molecule has 2 heterocycles. The summed E-state index contributed by atoms with van der Waals surface area (Å²) in [6, 6.07) is 13.8. The summed E-state index contributed by atoms with van der Waals surface area (Å²) in [4.78, 5) is 31.9. The van der Waals surface area contributed by atoms with Crippen molar-refractivity contribution in [2.45, 2.75) is 24.9 Å². The highest BCUT2D eigenvalue weighted by Gasteiger charge is 2.50. The molecule has 3 N–H and O–H groups in total. The van der Waals surface area contributed by atoms with Gasteiger partial charge in [0.1, 0.15) is 5.60 Å². The number of nitrogens with one attached hydrogen (secondary N) is 1. The quantitative estimate of drug-likeness (QED) is 0.575. The zero-order valence-electron chi connectivity index (χ0n) is 17.9. The molecule has 0 spiro atoms. The fourth-order valence-corrected chi connectivity index (χ4v) is 4.41. The van der Waals surface area contributed by atoms with Gasteiger partial charge in [0.15, 0.2) is 0 Å². The number of piperazine rings is 1. The minimum atomic E-state index is -1.15. The molecule has 7 heteroatoms. The van der Waals surface area contributed by atoms with Crippen molar-refractivity contribution in [1.82, 2.24) is 14.8 Å². The van der Waals surface area contributed by atoms with Gasteiger partial charge in [-0.1, -0.05) is 18.2 Å². The van der Waals surface area contributed by atoms with E-state index in [1.54, 1.807) is 9.80 Å². The fraction of sp³-hybridized carbons (Fsp3) is 0.360. The third-order valence-corrected chi connectivity index (χ3v) is 6.59. The van der Waals surface area contributed by atoms with Crippen molar-refractivity contribution < 1.29 is 19.8 Å². The predicted molar refractivity (Wildman–Crippen MR) is 121 cm³/mol. The van der Waals surface area contributed by atoms with Gasteiger partial charge < -0.3 is 25.0 Å². The van der Waals surface area contributed by atoms with Crippen LogP contribution in [-0.4, -0.2) is 75.2 Å². The first-order chi connectivity index (χ1) is 15.5. The molecule has 1 aromatic heterocycles. The SMILES string of the molecule is O=C(c1ccc(-c2ccc3[nH]cc(CCO)c3c2)cc1)N1CCN(C(=O)C2(O)CC2)CC1. The molecule has 166 valence electrons. The number of hydrogen-bond donors (Lipinski definition) is 3. The fourth-order valence-electron chi connectivity index (χ4n) is 4.41. The lowest BCUT2D eigenvalue weighted by Gasteiger charge is -2.35. The molecule has 5 rings (SSSR count). The van der Waals surface area contributed by atoms with Gasteiger partial charge in [0.2, 0.25) is 0 Å². The second-order valence-electron chi connectivity index (χ2n) is 8.74. The summed E-state index contributed by atoms with van der Waals surface area (Å²) in [5, 5.41) is 20.4. The molecule has 3 aromatic rings. The molecule has 32 heavy (non-hydrogen) atoms. The maximum Gasteiger partial charge on any atom is 0.254 e. The van der Waals surface area contributed by atoms with Crippen molar-refractivity contribution in [3.63, 3.8) is 0 Å². The van der Waals surface area contributed by atoms with Crippen molar-refractivity contribution >= 4 is 22.7 Å². The number of carbonyl (C=O) groups is 2. The monoisotopic (exact) mass is 433 g/mol. The van der Waals surface area contributed by atoms with Gasteiger partial charge in [0, 0.05) is 55.4 Å². The van der Waals surface area contributed by atoms with Gasteiger partial charge in [-0.15, -0.1) is 0 Å². The number of hydrogen-bond acceptors (Lipinski definition) is 4. The van der Waals surface area contributed by atoms with E-state index >= 15 is 0 Å². The van der Waals surface area contributed by atoms with Crippen LogP contribution in [-0.2, 0) is 11.2 Å². The molecule has 0 bridgehead atoms. The Bertz CT molecular complexity index is 1160. The lowest BCUT2D eigenvalue weighted by atomic mass is 10.0. The average molecular weight is 434 g/mol. The molecular formula is C25H27N3O4. The highest BCUT2D eigenvalue weighted by Crippen LogP contribution is 2.37. The van der Waals surface area contributed by atoms with E-state index in [2.05, 4.69) is 11.1 Å². The third-order valence-electron chi connectivity index (χ3n) is 6.59. The van der Waals surface area contributed by atoms with Gasteiger partial charge in [0.25, 0.3) is 11.8 Å². The molecule has 2 aliphatic rings. The molecule has 1 aliphatic carbocycles. The maximum absolute atomic E-state index is 12.9. The Hall–Kier alpha value is -3.16. The Balaban J connectivity index is 1.27. The lowest BCUT2D eigenvalue weighted by Crippen LogP contribution is -2.53. The number of fused-ring (bicyclic) bond motifs is 1. The highest BCUT2D eigenvalue weighted by atomic mass is 16.3. The number of amides is 2. The molecule has 0 atom stereocenters. The topological polar surface area (TPSA) is 96.9 Å². The molecule has 7 nitrogen and oxygen atoms in total. The van der Waals surface area contributed by atoms with Crippen LogP contribution in [0.5, 0.6) is 0 Å². The number of nitrogens with zero attached hydrogens (tertiary/aromatic N) is 2. The van der Waals surface area contributed by atoms with Crippen molar-refractivity contribution in [1.29, 1.82) is 0 Å². The van der Waals surface area contributed by atoms with Crippen LogP contribution in [0.1, 0.15) is 28.8 Å². The molecule has 1 aliphatic heterocycles. The Morgan fingerprint density at radius 3 is 2.25 bits per heavy atom. The largest absolute Gasteiger partial charge is 0.396 e. The summed E-state index contributed by atoms with van der Waals surface area (Å²) in [6.07, 6.45) is 3.62. The molecule has 1 saturated heterocycles. The summed E-state index contributed by atoms with van der Waals surface area (Å²) in [5.41, 5.74) is 3.67. The van der Waals surface area contributed by atoms with E-state index in [4.69, 9.17) is 0 Å². The minimum absolute atomic E-state index is 0.0416. The van der Waals surface area contributed by atoms with E-state index in [9.17, 15) is 19.8 Å². The highest BCUT2D eigenvalue weighted by molar-refractivity contribution is 5.95. The summed E-state index contributed by atoms with van der Waals surface area (Å²) in [5.74, 6) is -0.240. The average Bonchev–Trinajstić information content (AvgIpc) is 3.47. The van der Waals surface area contributed by atoms with Crippen molar-refractivity contribution in [2.75, 3.05) is 32.8 Å². The van der Waals surface area contributed by atoms with Gasteiger partial charge >= 0.3 is 0 Å². The smallest absolute Gasteiger partial charge is 0.254 e. The normalized spacial score (nSPS) is 17.6. The summed E-state index contributed by atoms with van der Waals surface area (Å²) in [6.45, 7) is 1.97. The van der Waals surface area contributed by atoms with Crippen LogP contribution in [0.3, 0.4) is 0 Å². The number of H-pyrrole nitrogens is 1. The van der Waals surface area contributed by atoms with Gasteiger partial charge in [-0.05, 0) is 60.2 Å². The summed E-state index contributed by atoms with van der Waals surface area (Å²) < 4.78 is 0. The molecule has 2 aromatic carbocycles. The second-order valence-corrected chi connectivity index (χ2v) is 8.74. The van der Waals surface area contributed by atoms with Gasteiger partial charge in [-0.3, -0.25) is 9.59 Å². The van der Waals surface area contributed by atoms with E-state index < -0.39 is 5.60 Å². The maximum atomic E-state index is 12.9. The van der Waals surface area contributed by atoms with Gasteiger partial charge in [-0.25, -0.2) is 0 Å². The van der Waals surface area contributed by atoms with Crippen LogP contribution >= 0.6 is 0 Å². The Morgan fingerprint density at radius 1 is 0.938 bits per heavy atom. The van der Waals surface area contributed by atoms with E-state index in [0.29, 0.717) is 51.0 Å². The first-order valence-electron chi connectivity index (χ1n) is 11.1. The van der Waals surface area contributed by atoms with Crippen molar-refractivity contribution in [3.05, 3.63) is 59.8 Å². The molecular weight excluding hydrogens is 406 g/mol. The molecule has 2 fully saturated rings. The van der Waals surface area contributed by atoms with E-state index in [0.717, 1.165) is 27.6 Å². The number of aromatic nitrogens is 1. The first kappa shape index (κ1) is 20.7. The summed E-state index contributed by atoms with van der Waals surface area (Å²) >= 11 is 0. The van der Waals surface area contributed by atoms with E-state index in [1.807, 2.05) is 42.6 Å². The van der Waals surface area contributed by atoms with E-state index in [-0.39, 0.29) is 18.4 Å². The molecule has 2 amide bonds. The van der Waals surface area contributed by atoms with Crippen LogP contribution in [0.4, 0.5) is 0 Å².